The fourth-order valence-corrected chi connectivity index (χ4v) is 2.91. The van der Waals surface area contributed by atoms with Crippen molar-refractivity contribution >= 4 is 10.8 Å². The van der Waals surface area contributed by atoms with E-state index in [0.717, 1.165) is 12.8 Å². The topological polar surface area (TPSA) is 17.1 Å². The van der Waals surface area contributed by atoms with Crippen LogP contribution in [0.2, 0.25) is 0 Å². The van der Waals surface area contributed by atoms with Crippen molar-refractivity contribution in [1.29, 1.82) is 0 Å². The Morgan fingerprint density at radius 1 is 1.22 bits per heavy atom. The molecule has 1 fully saturated rings. The van der Waals surface area contributed by atoms with Gasteiger partial charge >= 0.3 is 0 Å². The molecule has 1 rings (SSSR count). The van der Waals surface area contributed by atoms with Gasteiger partial charge in [0.25, 0.3) is 0 Å². The molecule has 0 saturated carbocycles. The first-order valence-corrected chi connectivity index (χ1v) is 4.89. The smallest absolute Gasteiger partial charge is 0.0322 e. The molecule has 9 heavy (non-hydrogen) atoms. The van der Waals surface area contributed by atoms with Crippen LogP contribution in [0.25, 0.3) is 0 Å². The van der Waals surface area contributed by atoms with Crippen molar-refractivity contribution in [1.82, 2.24) is 0 Å². The highest BCUT2D eigenvalue weighted by Crippen LogP contribution is 2.21. The Balaban J connectivity index is 2.52. The van der Waals surface area contributed by atoms with Gasteiger partial charge in [0.2, 0.25) is 0 Å². The lowest BCUT2D eigenvalue weighted by atomic mass is 10.1. The van der Waals surface area contributed by atoms with Crippen LogP contribution in [0.1, 0.15) is 33.1 Å². The van der Waals surface area contributed by atoms with Crippen molar-refractivity contribution in [2.24, 2.45) is 0 Å². The highest BCUT2D eigenvalue weighted by Gasteiger charge is 2.22. The van der Waals surface area contributed by atoms with Gasteiger partial charge in [-0.05, 0) is 12.8 Å². The molecule has 0 aromatic heterocycles. The van der Waals surface area contributed by atoms with Crippen molar-refractivity contribution in [3.8, 4) is 0 Å². The highest BCUT2D eigenvalue weighted by atomic mass is 32.2. The maximum atomic E-state index is 11.2. The van der Waals surface area contributed by atoms with Crippen molar-refractivity contribution in [3.63, 3.8) is 0 Å². The summed E-state index contributed by atoms with van der Waals surface area (Å²) in [5.74, 6) is 0. The van der Waals surface area contributed by atoms with E-state index in [9.17, 15) is 4.21 Å². The molecule has 0 aromatic rings. The zero-order valence-electron chi connectivity index (χ0n) is 6.09. The summed E-state index contributed by atoms with van der Waals surface area (Å²) in [6.07, 6.45) is 3.60. The molecule has 3 atom stereocenters. The fourth-order valence-electron chi connectivity index (χ4n) is 1.32. The average molecular weight is 146 g/mol. The summed E-state index contributed by atoms with van der Waals surface area (Å²) in [6.45, 7) is 4.18. The van der Waals surface area contributed by atoms with E-state index in [1.54, 1.807) is 0 Å². The second-order valence-corrected chi connectivity index (χ2v) is 5.15. The quantitative estimate of drug-likeness (QED) is 0.508. The van der Waals surface area contributed by atoms with Gasteiger partial charge in [0.15, 0.2) is 0 Å². The van der Waals surface area contributed by atoms with Crippen molar-refractivity contribution in [2.75, 3.05) is 0 Å². The minimum Gasteiger partial charge on any atom is -0.259 e. The van der Waals surface area contributed by atoms with Gasteiger partial charge in [-0.2, -0.15) is 0 Å². The lowest BCUT2D eigenvalue weighted by Crippen LogP contribution is -2.26. The molecule has 0 amide bonds. The van der Waals surface area contributed by atoms with Crippen molar-refractivity contribution in [2.45, 2.75) is 43.6 Å². The molecule has 0 aromatic carbocycles. The largest absolute Gasteiger partial charge is 0.259 e. The zero-order chi connectivity index (χ0) is 6.85. The Labute approximate surface area is 59.3 Å². The summed E-state index contributed by atoms with van der Waals surface area (Å²) in [6, 6.07) is 0. The first kappa shape index (κ1) is 7.26. The predicted octanol–water partition coefficient (Wildman–Crippen LogP) is 1.70. The predicted molar refractivity (Wildman–Crippen MR) is 40.9 cm³/mol. The molecule has 1 aliphatic rings. The van der Waals surface area contributed by atoms with Gasteiger partial charge in [-0.1, -0.05) is 20.3 Å². The Kier molecular flexibility index (Phi) is 2.28. The third-order valence-corrected chi connectivity index (χ3v) is 4.07. The van der Waals surface area contributed by atoms with Crippen LogP contribution in [0.3, 0.4) is 0 Å². The van der Waals surface area contributed by atoms with Crippen molar-refractivity contribution < 1.29 is 4.21 Å². The van der Waals surface area contributed by atoms with Gasteiger partial charge < -0.3 is 0 Å². The first-order valence-electron chi connectivity index (χ1n) is 3.61. The molecule has 0 bridgehead atoms. The monoisotopic (exact) mass is 146 g/mol. The molecule has 0 aliphatic carbocycles. The zero-order valence-corrected chi connectivity index (χ0v) is 6.91. The summed E-state index contributed by atoms with van der Waals surface area (Å²) in [5, 5.41) is 0.905. The van der Waals surface area contributed by atoms with Gasteiger partial charge in [-0.15, -0.1) is 0 Å². The van der Waals surface area contributed by atoms with Gasteiger partial charge in [0.1, 0.15) is 0 Å². The van der Waals surface area contributed by atoms with Crippen LogP contribution in [0.4, 0.5) is 0 Å². The Morgan fingerprint density at radius 2 is 1.67 bits per heavy atom. The van der Waals surface area contributed by atoms with Crippen LogP contribution < -0.4 is 0 Å². The summed E-state index contributed by atoms with van der Waals surface area (Å²) in [4.78, 5) is 0. The molecule has 54 valence electrons. The third-order valence-electron chi connectivity index (χ3n) is 2.01. The minimum atomic E-state index is -0.530. The van der Waals surface area contributed by atoms with Crippen LogP contribution in [0.15, 0.2) is 0 Å². The van der Waals surface area contributed by atoms with E-state index in [1.165, 1.54) is 6.42 Å². The Bertz CT molecular complexity index is 110. The summed E-state index contributed by atoms with van der Waals surface area (Å²) in [7, 11) is -0.530. The molecule has 1 nitrogen and oxygen atoms in total. The lowest BCUT2D eigenvalue weighted by Gasteiger charge is -2.22. The molecular formula is C7H14OS. The number of hydrogen-bond acceptors (Lipinski definition) is 1. The van der Waals surface area contributed by atoms with E-state index in [4.69, 9.17) is 0 Å². The highest BCUT2D eigenvalue weighted by molar-refractivity contribution is 7.86. The summed E-state index contributed by atoms with van der Waals surface area (Å²) < 4.78 is 11.2. The van der Waals surface area contributed by atoms with E-state index in [0.29, 0.717) is 10.5 Å². The fraction of sp³-hybridized carbons (Fsp3) is 1.00. The molecular weight excluding hydrogens is 132 g/mol. The van der Waals surface area contributed by atoms with Crippen LogP contribution in [0.5, 0.6) is 0 Å². The Morgan fingerprint density at radius 3 is 2.00 bits per heavy atom. The van der Waals surface area contributed by atoms with E-state index in [2.05, 4.69) is 13.8 Å². The second-order valence-electron chi connectivity index (χ2n) is 2.88. The van der Waals surface area contributed by atoms with Gasteiger partial charge in [-0.3, -0.25) is 4.21 Å². The molecule has 0 radical (unpaired) electrons. The van der Waals surface area contributed by atoms with E-state index < -0.39 is 10.8 Å². The van der Waals surface area contributed by atoms with E-state index in [1.807, 2.05) is 0 Å². The lowest BCUT2D eigenvalue weighted by molar-refractivity contribution is 0.586. The van der Waals surface area contributed by atoms with Crippen LogP contribution in [-0.2, 0) is 10.8 Å². The van der Waals surface area contributed by atoms with Gasteiger partial charge in [0.05, 0.1) is 0 Å². The minimum absolute atomic E-state index is 0.453. The second kappa shape index (κ2) is 2.82. The first-order chi connectivity index (χ1) is 4.22. The van der Waals surface area contributed by atoms with E-state index >= 15 is 0 Å². The SMILES string of the molecule is CC1CCC[C@@H](C)S1=O. The molecule has 0 N–H and O–H groups in total. The van der Waals surface area contributed by atoms with E-state index in [-0.39, 0.29) is 0 Å². The number of hydrogen-bond donors (Lipinski definition) is 0. The molecule has 1 saturated heterocycles. The summed E-state index contributed by atoms with van der Waals surface area (Å²) in [5.41, 5.74) is 0. The van der Waals surface area contributed by atoms with Crippen LogP contribution in [-0.4, -0.2) is 14.7 Å². The summed E-state index contributed by atoms with van der Waals surface area (Å²) >= 11 is 0. The normalized spacial score (nSPS) is 44.9. The van der Waals surface area contributed by atoms with Gasteiger partial charge in [-0.25, -0.2) is 0 Å². The Hall–Kier alpha value is 0.150. The van der Waals surface area contributed by atoms with Crippen molar-refractivity contribution in [3.05, 3.63) is 0 Å². The standard InChI is InChI=1S/C7H14OS/c1-6-4-3-5-7(2)9(6)8/h6-7H,3-5H2,1-2H3/t6-,7?,9?/m1/s1. The maximum absolute atomic E-state index is 11.2. The third kappa shape index (κ3) is 1.54. The molecule has 2 heteroatoms. The molecule has 1 heterocycles. The molecule has 1 aliphatic heterocycles. The van der Waals surface area contributed by atoms with Crippen LogP contribution in [0, 0.1) is 0 Å². The number of rotatable bonds is 0. The van der Waals surface area contributed by atoms with Crippen LogP contribution >= 0.6 is 0 Å². The maximum Gasteiger partial charge on any atom is 0.0322 e. The average Bonchev–Trinajstić information content (AvgIpc) is 1.83. The molecule has 2 unspecified atom stereocenters. The van der Waals surface area contributed by atoms with Gasteiger partial charge in [0, 0.05) is 21.3 Å². The molecule has 0 spiro atoms.